The van der Waals surface area contributed by atoms with Crippen molar-refractivity contribution < 1.29 is 9.90 Å². The van der Waals surface area contributed by atoms with Crippen LogP contribution in [0.2, 0.25) is 0 Å². The number of aliphatic hydroxyl groups excluding tert-OH is 1. The van der Waals surface area contributed by atoms with Gasteiger partial charge in [-0.1, -0.05) is 44.2 Å². The van der Waals surface area contributed by atoms with Gasteiger partial charge in [0.1, 0.15) is 0 Å². The van der Waals surface area contributed by atoms with Crippen molar-refractivity contribution in [2.75, 3.05) is 7.05 Å². The average molecular weight is 235 g/mol. The van der Waals surface area contributed by atoms with Gasteiger partial charge in [-0.05, 0) is 12.5 Å². The zero-order valence-corrected chi connectivity index (χ0v) is 10.9. The fourth-order valence-corrected chi connectivity index (χ4v) is 1.75. The van der Waals surface area contributed by atoms with E-state index in [1.165, 1.54) is 0 Å². The highest BCUT2D eigenvalue weighted by atomic mass is 16.3. The van der Waals surface area contributed by atoms with Crippen LogP contribution in [0.1, 0.15) is 32.4 Å². The van der Waals surface area contributed by atoms with Crippen LogP contribution in [0.25, 0.3) is 0 Å². The molecule has 17 heavy (non-hydrogen) atoms. The second-order valence-corrected chi connectivity index (χ2v) is 4.70. The molecule has 0 saturated carbocycles. The summed E-state index contributed by atoms with van der Waals surface area (Å²) in [6.07, 6.45) is -0.649. The van der Waals surface area contributed by atoms with Crippen molar-refractivity contribution >= 4 is 5.91 Å². The van der Waals surface area contributed by atoms with E-state index < -0.39 is 6.10 Å². The van der Waals surface area contributed by atoms with Crippen molar-refractivity contribution in [2.45, 2.75) is 32.9 Å². The Morgan fingerprint density at radius 1 is 1.18 bits per heavy atom. The van der Waals surface area contributed by atoms with E-state index in [0.29, 0.717) is 0 Å². The number of amides is 1. The van der Waals surface area contributed by atoms with E-state index in [-0.39, 0.29) is 17.9 Å². The van der Waals surface area contributed by atoms with Crippen LogP contribution in [0.4, 0.5) is 0 Å². The lowest BCUT2D eigenvalue weighted by molar-refractivity contribution is -0.137. The van der Waals surface area contributed by atoms with Gasteiger partial charge in [0.2, 0.25) is 5.91 Å². The molecule has 2 atom stereocenters. The van der Waals surface area contributed by atoms with Gasteiger partial charge >= 0.3 is 0 Å². The SMILES string of the molecule is CC(C)C(=O)N(C)[C@@H](C)[C@@H](O)c1ccccc1. The van der Waals surface area contributed by atoms with Crippen LogP contribution in [0.5, 0.6) is 0 Å². The average Bonchev–Trinajstić information content (AvgIpc) is 2.36. The number of hydrogen-bond donors (Lipinski definition) is 1. The van der Waals surface area contributed by atoms with E-state index in [4.69, 9.17) is 0 Å². The van der Waals surface area contributed by atoms with E-state index in [2.05, 4.69) is 0 Å². The minimum absolute atomic E-state index is 0.0486. The molecule has 1 aromatic rings. The molecule has 1 N–H and O–H groups in total. The number of rotatable bonds is 4. The van der Waals surface area contributed by atoms with Crippen LogP contribution < -0.4 is 0 Å². The number of nitrogens with zero attached hydrogens (tertiary/aromatic N) is 1. The van der Waals surface area contributed by atoms with E-state index in [1.54, 1.807) is 11.9 Å². The number of carbonyl (C=O) groups excluding carboxylic acids is 1. The summed E-state index contributed by atoms with van der Waals surface area (Å²) in [4.78, 5) is 13.4. The third-order valence-corrected chi connectivity index (χ3v) is 3.05. The molecule has 0 aliphatic carbocycles. The first kappa shape index (κ1) is 13.7. The second-order valence-electron chi connectivity index (χ2n) is 4.70. The maximum absolute atomic E-state index is 11.8. The Hall–Kier alpha value is -1.35. The van der Waals surface area contributed by atoms with E-state index >= 15 is 0 Å². The van der Waals surface area contributed by atoms with Crippen LogP contribution in [0.15, 0.2) is 30.3 Å². The number of hydrogen-bond acceptors (Lipinski definition) is 2. The largest absolute Gasteiger partial charge is 0.386 e. The highest BCUT2D eigenvalue weighted by Crippen LogP contribution is 2.20. The quantitative estimate of drug-likeness (QED) is 0.869. The number of carbonyl (C=O) groups is 1. The Morgan fingerprint density at radius 2 is 1.71 bits per heavy atom. The first-order chi connectivity index (χ1) is 7.95. The van der Waals surface area contributed by atoms with Gasteiger partial charge in [0.15, 0.2) is 0 Å². The Bertz CT molecular complexity index is 362. The maximum atomic E-state index is 11.8. The normalized spacial score (nSPS) is 14.5. The van der Waals surface area contributed by atoms with E-state index in [1.807, 2.05) is 51.1 Å². The lowest BCUT2D eigenvalue weighted by Gasteiger charge is -2.30. The maximum Gasteiger partial charge on any atom is 0.225 e. The van der Waals surface area contributed by atoms with Crippen LogP contribution in [0, 0.1) is 5.92 Å². The molecule has 1 aromatic carbocycles. The summed E-state index contributed by atoms with van der Waals surface area (Å²) >= 11 is 0. The number of benzene rings is 1. The monoisotopic (exact) mass is 235 g/mol. The zero-order chi connectivity index (χ0) is 13.0. The standard InChI is InChI=1S/C14H21NO2/c1-10(2)14(17)15(4)11(3)13(16)12-8-6-5-7-9-12/h5-11,13,16H,1-4H3/t11-,13+/m0/s1. The Labute approximate surface area is 103 Å². The van der Waals surface area contributed by atoms with Crippen LogP contribution >= 0.6 is 0 Å². The molecular weight excluding hydrogens is 214 g/mol. The molecule has 3 heteroatoms. The lowest BCUT2D eigenvalue weighted by Crippen LogP contribution is -2.41. The Kier molecular flexibility index (Phi) is 4.70. The minimum atomic E-state index is -0.649. The number of likely N-dealkylation sites (N-methyl/N-ethyl adjacent to an activating group) is 1. The Morgan fingerprint density at radius 3 is 2.18 bits per heavy atom. The lowest BCUT2D eigenvalue weighted by atomic mass is 10.0. The minimum Gasteiger partial charge on any atom is -0.386 e. The molecule has 0 fully saturated rings. The van der Waals surface area contributed by atoms with Gasteiger partial charge in [-0.25, -0.2) is 0 Å². The molecule has 94 valence electrons. The van der Waals surface area contributed by atoms with Gasteiger partial charge in [-0.2, -0.15) is 0 Å². The molecule has 0 aliphatic heterocycles. The van der Waals surface area contributed by atoms with Crippen molar-refractivity contribution in [2.24, 2.45) is 5.92 Å². The summed E-state index contributed by atoms with van der Waals surface area (Å²) in [5.74, 6) is -0.00194. The molecule has 1 amide bonds. The summed E-state index contributed by atoms with van der Waals surface area (Å²) in [6, 6.07) is 9.19. The highest BCUT2D eigenvalue weighted by Gasteiger charge is 2.25. The summed E-state index contributed by atoms with van der Waals surface area (Å²) in [5.41, 5.74) is 0.836. The molecule has 0 bridgehead atoms. The van der Waals surface area contributed by atoms with Crippen LogP contribution in [-0.4, -0.2) is 29.0 Å². The zero-order valence-electron chi connectivity index (χ0n) is 10.9. The first-order valence-corrected chi connectivity index (χ1v) is 5.94. The second kappa shape index (κ2) is 5.82. The first-order valence-electron chi connectivity index (χ1n) is 5.94. The fraction of sp³-hybridized carbons (Fsp3) is 0.500. The van der Waals surface area contributed by atoms with Gasteiger partial charge < -0.3 is 10.0 Å². The topological polar surface area (TPSA) is 40.5 Å². The third kappa shape index (κ3) is 3.30. The van der Waals surface area contributed by atoms with Gasteiger partial charge in [-0.3, -0.25) is 4.79 Å². The van der Waals surface area contributed by atoms with Gasteiger partial charge in [0, 0.05) is 13.0 Å². The molecular formula is C14H21NO2. The summed E-state index contributed by atoms with van der Waals surface area (Å²) in [7, 11) is 1.74. The van der Waals surface area contributed by atoms with Crippen molar-refractivity contribution in [1.29, 1.82) is 0 Å². The molecule has 0 aromatic heterocycles. The smallest absolute Gasteiger partial charge is 0.225 e. The van der Waals surface area contributed by atoms with Crippen molar-refractivity contribution in [3.8, 4) is 0 Å². The molecule has 0 saturated heterocycles. The van der Waals surface area contributed by atoms with Crippen molar-refractivity contribution in [3.05, 3.63) is 35.9 Å². The molecule has 0 radical (unpaired) electrons. The van der Waals surface area contributed by atoms with Gasteiger partial charge in [0.25, 0.3) is 0 Å². The van der Waals surface area contributed by atoms with Crippen molar-refractivity contribution in [3.63, 3.8) is 0 Å². The molecule has 3 nitrogen and oxygen atoms in total. The predicted molar refractivity (Wildman–Crippen MR) is 68.5 cm³/mol. The fourth-order valence-electron chi connectivity index (χ4n) is 1.75. The van der Waals surface area contributed by atoms with E-state index in [9.17, 15) is 9.90 Å². The van der Waals surface area contributed by atoms with Gasteiger partial charge in [-0.15, -0.1) is 0 Å². The van der Waals surface area contributed by atoms with Crippen molar-refractivity contribution in [1.82, 2.24) is 4.90 Å². The van der Waals surface area contributed by atoms with Gasteiger partial charge in [0.05, 0.1) is 12.1 Å². The summed E-state index contributed by atoms with van der Waals surface area (Å²) < 4.78 is 0. The molecule has 0 unspecified atom stereocenters. The highest BCUT2D eigenvalue weighted by molar-refractivity contribution is 5.78. The Balaban J connectivity index is 2.76. The molecule has 0 heterocycles. The molecule has 0 aliphatic rings. The van der Waals surface area contributed by atoms with Crippen LogP contribution in [-0.2, 0) is 4.79 Å². The number of aliphatic hydroxyl groups is 1. The summed E-state index contributed by atoms with van der Waals surface area (Å²) in [5, 5.41) is 10.2. The summed E-state index contributed by atoms with van der Waals surface area (Å²) in [6.45, 7) is 5.58. The predicted octanol–water partition coefficient (Wildman–Crippen LogP) is 2.22. The third-order valence-electron chi connectivity index (χ3n) is 3.05. The molecule has 1 rings (SSSR count). The van der Waals surface area contributed by atoms with Crippen LogP contribution in [0.3, 0.4) is 0 Å². The van der Waals surface area contributed by atoms with E-state index in [0.717, 1.165) is 5.56 Å². The molecule has 0 spiro atoms.